The second-order valence-electron chi connectivity index (χ2n) is 7.00. The second-order valence-corrected chi connectivity index (χ2v) is 7.00. The average molecular weight is 380 g/mol. The minimum absolute atomic E-state index is 0.107. The van der Waals surface area contributed by atoms with E-state index in [0.29, 0.717) is 13.2 Å². The molecule has 7 nitrogen and oxygen atoms in total. The molecule has 0 bridgehead atoms. The van der Waals surface area contributed by atoms with Crippen molar-refractivity contribution < 1.29 is 9.13 Å². The highest BCUT2D eigenvalue weighted by Crippen LogP contribution is 2.34. The maximum absolute atomic E-state index is 13.4. The van der Waals surface area contributed by atoms with Gasteiger partial charge in [0, 0.05) is 43.0 Å². The number of fused-ring (bicyclic) bond motifs is 1. The highest BCUT2D eigenvalue weighted by Gasteiger charge is 2.23. The third kappa shape index (κ3) is 3.19. The Bertz CT molecular complexity index is 984. The second kappa shape index (κ2) is 7.38. The lowest BCUT2D eigenvalue weighted by Gasteiger charge is -2.29. The predicted octanol–water partition coefficient (Wildman–Crippen LogP) is 2.21. The summed E-state index contributed by atoms with van der Waals surface area (Å²) in [5.41, 5.74) is 10.1. The van der Waals surface area contributed by atoms with Crippen molar-refractivity contribution in [1.82, 2.24) is 25.8 Å². The molecule has 0 radical (unpaired) electrons. The van der Waals surface area contributed by atoms with E-state index in [9.17, 15) is 4.39 Å². The molecule has 5 rings (SSSR count). The van der Waals surface area contributed by atoms with Crippen molar-refractivity contribution in [1.29, 1.82) is 0 Å². The van der Waals surface area contributed by atoms with Crippen LogP contribution in [0.25, 0.3) is 22.0 Å². The molecule has 3 aromatic heterocycles. The summed E-state index contributed by atoms with van der Waals surface area (Å²) in [6.07, 6.45) is 4.33. The fraction of sp³-hybridized carbons (Fsp3) is 0.350. The third-order valence-electron chi connectivity index (χ3n) is 5.28. The summed E-state index contributed by atoms with van der Waals surface area (Å²) in [5, 5.41) is 0.990. The highest BCUT2D eigenvalue weighted by atomic mass is 19.1. The Morgan fingerprint density at radius 1 is 1.14 bits per heavy atom. The number of hydrazine groups is 1. The minimum atomic E-state index is -0.487. The Morgan fingerprint density at radius 2 is 2.04 bits per heavy atom. The van der Waals surface area contributed by atoms with Gasteiger partial charge in [-0.3, -0.25) is 10.4 Å². The van der Waals surface area contributed by atoms with Gasteiger partial charge in [-0.1, -0.05) is 0 Å². The van der Waals surface area contributed by atoms with E-state index in [1.54, 1.807) is 12.3 Å². The van der Waals surface area contributed by atoms with Crippen LogP contribution in [-0.4, -0.2) is 47.8 Å². The monoisotopic (exact) mass is 380 g/mol. The molecule has 3 aromatic rings. The van der Waals surface area contributed by atoms with Crippen molar-refractivity contribution in [3.05, 3.63) is 48.3 Å². The molecular formula is C20H21FN6O. The van der Waals surface area contributed by atoms with Crippen LogP contribution in [0.3, 0.4) is 0 Å². The number of pyridine rings is 3. The van der Waals surface area contributed by atoms with Crippen molar-refractivity contribution in [2.45, 2.75) is 12.5 Å². The molecule has 2 fully saturated rings. The Morgan fingerprint density at radius 3 is 2.79 bits per heavy atom. The van der Waals surface area contributed by atoms with Crippen LogP contribution in [0, 0.1) is 5.95 Å². The fourth-order valence-electron chi connectivity index (χ4n) is 3.83. The normalized spacial score (nSPS) is 20.0. The fourth-order valence-corrected chi connectivity index (χ4v) is 3.83. The SMILES string of the molecule is Fc1ccc(-c2cc(N3CCOCC3)nc3c(C4CCNN4)nccc23)cn1. The van der Waals surface area contributed by atoms with Gasteiger partial charge in [-0.2, -0.15) is 4.39 Å². The third-order valence-corrected chi connectivity index (χ3v) is 5.28. The van der Waals surface area contributed by atoms with Crippen molar-refractivity contribution in [2.75, 3.05) is 37.7 Å². The zero-order valence-corrected chi connectivity index (χ0v) is 15.4. The maximum atomic E-state index is 13.4. The van der Waals surface area contributed by atoms with E-state index < -0.39 is 5.95 Å². The summed E-state index contributed by atoms with van der Waals surface area (Å²) in [7, 11) is 0. The summed E-state index contributed by atoms with van der Waals surface area (Å²) >= 11 is 0. The van der Waals surface area contributed by atoms with Gasteiger partial charge in [0.15, 0.2) is 0 Å². The molecule has 5 heterocycles. The van der Waals surface area contributed by atoms with E-state index in [-0.39, 0.29) is 6.04 Å². The van der Waals surface area contributed by atoms with Crippen LogP contribution in [0.15, 0.2) is 36.7 Å². The highest BCUT2D eigenvalue weighted by molar-refractivity contribution is 5.97. The standard InChI is InChI=1S/C20H21FN6O/c21-17-2-1-13(12-23-17)15-11-18(27-7-9-28-10-8-27)25-19-14(15)3-5-22-20(19)16-4-6-24-26-16/h1-3,5,11-12,16,24,26H,4,6-10H2. The minimum Gasteiger partial charge on any atom is -0.378 e. The Hall–Kier alpha value is -2.68. The van der Waals surface area contributed by atoms with Crippen molar-refractivity contribution in [3.8, 4) is 11.1 Å². The quantitative estimate of drug-likeness (QED) is 0.675. The first-order valence-corrected chi connectivity index (χ1v) is 9.52. The van der Waals surface area contributed by atoms with E-state index in [1.165, 1.54) is 6.07 Å². The van der Waals surface area contributed by atoms with Gasteiger partial charge in [-0.15, -0.1) is 0 Å². The van der Waals surface area contributed by atoms with Crippen LogP contribution >= 0.6 is 0 Å². The number of nitrogens with zero attached hydrogens (tertiary/aromatic N) is 4. The Kier molecular flexibility index (Phi) is 4.59. The van der Waals surface area contributed by atoms with Gasteiger partial charge >= 0.3 is 0 Å². The molecule has 28 heavy (non-hydrogen) atoms. The number of nitrogens with one attached hydrogen (secondary N) is 2. The molecule has 0 spiro atoms. The van der Waals surface area contributed by atoms with E-state index in [1.807, 2.05) is 12.3 Å². The van der Waals surface area contributed by atoms with Crippen LogP contribution in [0.4, 0.5) is 10.2 Å². The molecule has 1 atom stereocenters. The largest absolute Gasteiger partial charge is 0.378 e. The van der Waals surface area contributed by atoms with Gasteiger partial charge in [0.1, 0.15) is 5.82 Å². The lowest BCUT2D eigenvalue weighted by molar-refractivity contribution is 0.122. The van der Waals surface area contributed by atoms with E-state index in [2.05, 4.69) is 31.8 Å². The number of anilines is 1. The van der Waals surface area contributed by atoms with Crippen LogP contribution in [-0.2, 0) is 4.74 Å². The van der Waals surface area contributed by atoms with Crippen LogP contribution in [0.1, 0.15) is 18.2 Å². The van der Waals surface area contributed by atoms with Crippen LogP contribution < -0.4 is 15.8 Å². The van der Waals surface area contributed by atoms with Crippen LogP contribution in [0.2, 0.25) is 0 Å². The number of hydrogen-bond acceptors (Lipinski definition) is 7. The number of hydrogen-bond donors (Lipinski definition) is 2. The molecular weight excluding hydrogens is 359 g/mol. The summed E-state index contributed by atoms with van der Waals surface area (Å²) in [4.78, 5) is 15.7. The van der Waals surface area contributed by atoms with E-state index >= 15 is 0 Å². The number of rotatable bonds is 3. The van der Waals surface area contributed by atoms with Gasteiger partial charge in [-0.05, 0) is 36.2 Å². The zero-order chi connectivity index (χ0) is 18.9. The maximum Gasteiger partial charge on any atom is 0.212 e. The summed E-state index contributed by atoms with van der Waals surface area (Å²) in [5.74, 6) is 0.398. The van der Waals surface area contributed by atoms with Gasteiger partial charge in [0.25, 0.3) is 0 Å². The first kappa shape index (κ1) is 17.4. The molecule has 0 amide bonds. The molecule has 1 unspecified atom stereocenters. The van der Waals surface area contributed by atoms with E-state index in [4.69, 9.17) is 9.72 Å². The summed E-state index contributed by atoms with van der Waals surface area (Å²) in [6.45, 7) is 3.83. The summed E-state index contributed by atoms with van der Waals surface area (Å²) in [6, 6.07) is 7.29. The molecule has 0 saturated carbocycles. The molecule has 2 N–H and O–H groups in total. The molecule has 144 valence electrons. The van der Waals surface area contributed by atoms with E-state index in [0.717, 1.165) is 59.6 Å². The molecule has 2 saturated heterocycles. The molecule has 0 aromatic carbocycles. The number of halogens is 1. The lowest BCUT2D eigenvalue weighted by atomic mass is 10.00. The smallest absolute Gasteiger partial charge is 0.212 e. The molecule has 2 aliphatic rings. The first-order chi connectivity index (χ1) is 13.8. The zero-order valence-electron chi connectivity index (χ0n) is 15.4. The number of aromatic nitrogens is 3. The van der Waals surface area contributed by atoms with Gasteiger partial charge < -0.3 is 9.64 Å². The first-order valence-electron chi connectivity index (χ1n) is 9.52. The topological polar surface area (TPSA) is 75.2 Å². The van der Waals surface area contributed by atoms with Crippen molar-refractivity contribution in [2.24, 2.45) is 0 Å². The Balaban J connectivity index is 1.71. The molecule has 8 heteroatoms. The Labute approximate surface area is 161 Å². The van der Waals surface area contributed by atoms with Gasteiger partial charge in [0.2, 0.25) is 5.95 Å². The summed E-state index contributed by atoms with van der Waals surface area (Å²) < 4.78 is 18.9. The van der Waals surface area contributed by atoms with Gasteiger partial charge in [-0.25, -0.2) is 15.4 Å². The molecule has 2 aliphatic heterocycles. The van der Waals surface area contributed by atoms with Crippen molar-refractivity contribution >= 4 is 16.7 Å². The average Bonchev–Trinajstić information content (AvgIpc) is 3.28. The lowest BCUT2D eigenvalue weighted by Crippen LogP contribution is -2.36. The van der Waals surface area contributed by atoms with Gasteiger partial charge in [0.05, 0.1) is 30.5 Å². The molecule has 0 aliphatic carbocycles. The predicted molar refractivity (Wildman–Crippen MR) is 104 cm³/mol. The van der Waals surface area contributed by atoms with Crippen molar-refractivity contribution in [3.63, 3.8) is 0 Å². The van der Waals surface area contributed by atoms with Crippen LogP contribution in [0.5, 0.6) is 0 Å². The number of morpholine rings is 1. The number of ether oxygens (including phenoxy) is 1.